The summed E-state index contributed by atoms with van der Waals surface area (Å²) in [4.78, 5) is 10.4. The normalized spacial score (nSPS) is 10.1. The topological polar surface area (TPSA) is 63.3 Å². The van der Waals surface area contributed by atoms with Crippen LogP contribution in [0, 0.1) is 0 Å². The lowest BCUT2D eigenvalue weighted by Gasteiger charge is -2.01. The van der Waals surface area contributed by atoms with E-state index in [2.05, 4.69) is 6.58 Å². The number of hydrogen-bond donors (Lipinski definition) is 2. The smallest absolute Gasteiger partial charge is 0.330 e. The molecule has 0 radical (unpaired) electrons. The number of nitrogens with two attached hydrogens (primary N) is 1. The fourth-order valence-corrected chi connectivity index (χ4v) is 1.30. The molecule has 0 atom stereocenters. The largest absolute Gasteiger partial charge is 0.478 e. The van der Waals surface area contributed by atoms with Gasteiger partial charge in [-0.25, -0.2) is 4.79 Å². The zero-order valence-electron chi connectivity index (χ0n) is 8.80. The van der Waals surface area contributed by atoms with Crippen LogP contribution < -0.4 is 5.73 Å². The van der Waals surface area contributed by atoms with E-state index in [1.165, 1.54) is 19.3 Å². The molecule has 0 saturated carbocycles. The number of unbranched alkanes of at least 4 members (excludes halogenated alkanes) is 5. The summed E-state index contributed by atoms with van der Waals surface area (Å²) in [5.41, 5.74) is 5.69. The molecule has 3 nitrogen and oxygen atoms in total. The van der Waals surface area contributed by atoms with Crippen LogP contribution in [0.15, 0.2) is 12.2 Å². The summed E-state index contributed by atoms with van der Waals surface area (Å²) in [5, 5.41) is 8.54. The van der Waals surface area contributed by atoms with E-state index in [1.54, 1.807) is 0 Å². The summed E-state index contributed by atoms with van der Waals surface area (Å²) < 4.78 is 0. The molecule has 0 aliphatic rings. The Kier molecular flexibility index (Phi) is 8.24. The number of carboxylic acids is 1. The predicted octanol–water partition coefficient (Wildman–Crippen LogP) is 2.32. The number of rotatable bonds is 9. The van der Waals surface area contributed by atoms with Gasteiger partial charge in [-0.15, -0.1) is 0 Å². The third kappa shape index (κ3) is 7.80. The fourth-order valence-electron chi connectivity index (χ4n) is 1.30. The number of hydrogen-bond acceptors (Lipinski definition) is 2. The SMILES string of the molecule is C=C(CCCCCCCCN)C(=O)O. The molecule has 14 heavy (non-hydrogen) atoms. The standard InChI is InChI=1S/C11H21NO2/c1-10(11(13)14)8-6-4-2-3-5-7-9-12/h1-9,12H2,(H,13,14). The highest BCUT2D eigenvalue weighted by Crippen LogP contribution is 2.10. The summed E-state index contributed by atoms with van der Waals surface area (Å²) in [6, 6.07) is 0. The quantitative estimate of drug-likeness (QED) is 0.442. The van der Waals surface area contributed by atoms with E-state index < -0.39 is 5.97 Å². The van der Waals surface area contributed by atoms with Crippen LogP contribution in [0.1, 0.15) is 44.9 Å². The lowest BCUT2D eigenvalue weighted by Crippen LogP contribution is -1.99. The van der Waals surface area contributed by atoms with Gasteiger partial charge in [0, 0.05) is 5.57 Å². The summed E-state index contributed by atoms with van der Waals surface area (Å²) >= 11 is 0. The monoisotopic (exact) mass is 199 g/mol. The van der Waals surface area contributed by atoms with Gasteiger partial charge >= 0.3 is 5.97 Å². The molecular formula is C11H21NO2. The van der Waals surface area contributed by atoms with Gasteiger partial charge in [-0.05, 0) is 25.8 Å². The Morgan fingerprint density at radius 2 is 1.57 bits per heavy atom. The summed E-state index contributed by atoms with van der Waals surface area (Å²) in [6.07, 6.45) is 7.32. The molecule has 0 rings (SSSR count). The average Bonchev–Trinajstić information content (AvgIpc) is 2.16. The van der Waals surface area contributed by atoms with Crippen LogP contribution in [0.2, 0.25) is 0 Å². The zero-order valence-corrected chi connectivity index (χ0v) is 8.80. The van der Waals surface area contributed by atoms with Crippen molar-refractivity contribution in [1.82, 2.24) is 0 Å². The molecule has 0 unspecified atom stereocenters. The maximum absolute atomic E-state index is 10.4. The van der Waals surface area contributed by atoms with Crippen molar-refractivity contribution in [3.63, 3.8) is 0 Å². The van der Waals surface area contributed by atoms with Gasteiger partial charge in [0.05, 0.1) is 0 Å². The molecule has 3 heteroatoms. The molecule has 3 N–H and O–H groups in total. The van der Waals surface area contributed by atoms with Crippen molar-refractivity contribution in [3.05, 3.63) is 12.2 Å². The molecule has 0 fully saturated rings. The van der Waals surface area contributed by atoms with Crippen molar-refractivity contribution in [2.45, 2.75) is 44.9 Å². The van der Waals surface area contributed by atoms with E-state index in [0.717, 1.165) is 25.8 Å². The van der Waals surface area contributed by atoms with Crippen LogP contribution >= 0.6 is 0 Å². The van der Waals surface area contributed by atoms with Gasteiger partial charge in [-0.1, -0.05) is 32.3 Å². The van der Waals surface area contributed by atoms with Gasteiger partial charge in [0.2, 0.25) is 0 Å². The maximum atomic E-state index is 10.4. The predicted molar refractivity (Wildman–Crippen MR) is 58.1 cm³/mol. The van der Waals surface area contributed by atoms with E-state index in [0.29, 0.717) is 12.0 Å². The first-order chi connectivity index (χ1) is 6.68. The first kappa shape index (κ1) is 13.2. The summed E-state index contributed by atoms with van der Waals surface area (Å²) in [6.45, 7) is 4.26. The van der Waals surface area contributed by atoms with Gasteiger partial charge in [-0.3, -0.25) is 0 Å². The van der Waals surface area contributed by atoms with E-state index in [4.69, 9.17) is 10.8 Å². The van der Waals surface area contributed by atoms with Gasteiger partial charge < -0.3 is 10.8 Å². The zero-order chi connectivity index (χ0) is 10.8. The van der Waals surface area contributed by atoms with Crippen molar-refractivity contribution in [2.75, 3.05) is 6.54 Å². The van der Waals surface area contributed by atoms with E-state index >= 15 is 0 Å². The highest BCUT2D eigenvalue weighted by Gasteiger charge is 2.02. The fraction of sp³-hybridized carbons (Fsp3) is 0.727. The van der Waals surface area contributed by atoms with Crippen molar-refractivity contribution < 1.29 is 9.90 Å². The van der Waals surface area contributed by atoms with Crippen molar-refractivity contribution in [2.24, 2.45) is 5.73 Å². The third-order valence-corrected chi connectivity index (χ3v) is 2.24. The van der Waals surface area contributed by atoms with Gasteiger partial charge in [-0.2, -0.15) is 0 Å². The first-order valence-corrected chi connectivity index (χ1v) is 5.29. The third-order valence-electron chi connectivity index (χ3n) is 2.24. The molecule has 0 spiro atoms. The second-order valence-corrected chi connectivity index (χ2v) is 3.57. The molecule has 0 aromatic rings. The van der Waals surface area contributed by atoms with Crippen molar-refractivity contribution in [1.29, 1.82) is 0 Å². The van der Waals surface area contributed by atoms with Crippen LogP contribution in [0.5, 0.6) is 0 Å². The van der Waals surface area contributed by atoms with Gasteiger partial charge in [0.1, 0.15) is 0 Å². The summed E-state index contributed by atoms with van der Waals surface area (Å²) in [5.74, 6) is -0.867. The van der Waals surface area contributed by atoms with Gasteiger partial charge in [0.25, 0.3) is 0 Å². The highest BCUT2D eigenvalue weighted by atomic mass is 16.4. The van der Waals surface area contributed by atoms with Crippen LogP contribution in [-0.2, 0) is 4.79 Å². The Hall–Kier alpha value is -0.830. The second kappa shape index (κ2) is 8.75. The molecule has 0 amide bonds. The molecule has 0 heterocycles. The molecule has 0 aliphatic carbocycles. The Morgan fingerprint density at radius 3 is 2.07 bits per heavy atom. The van der Waals surface area contributed by atoms with E-state index in [9.17, 15) is 4.79 Å². The minimum atomic E-state index is -0.867. The minimum absolute atomic E-state index is 0.326. The lowest BCUT2D eigenvalue weighted by molar-refractivity contribution is -0.132. The van der Waals surface area contributed by atoms with Crippen LogP contribution in [0.4, 0.5) is 0 Å². The molecule has 82 valence electrons. The van der Waals surface area contributed by atoms with Gasteiger partial charge in [0.15, 0.2) is 0 Å². The Bertz CT molecular complexity index is 178. The summed E-state index contributed by atoms with van der Waals surface area (Å²) in [7, 11) is 0. The molecule has 0 bridgehead atoms. The number of carbonyl (C=O) groups is 1. The van der Waals surface area contributed by atoms with Crippen LogP contribution in [-0.4, -0.2) is 17.6 Å². The van der Waals surface area contributed by atoms with Crippen molar-refractivity contribution >= 4 is 5.97 Å². The van der Waals surface area contributed by atoms with E-state index in [1.807, 2.05) is 0 Å². The molecule has 0 saturated heterocycles. The Balaban J connectivity index is 3.13. The maximum Gasteiger partial charge on any atom is 0.330 e. The highest BCUT2D eigenvalue weighted by molar-refractivity contribution is 5.85. The first-order valence-electron chi connectivity index (χ1n) is 5.29. The van der Waals surface area contributed by atoms with Crippen molar-refractivity contribution in [3.8, 4) is 0 Å². The molecule has 0 aromatic carbocycles. The molecular weight excluding hydrogens is 178 g/mol. The van der Waals surface area contributed by atoms with Crippen LogP contribution in [0.25, 0.3) is 0 Å². The Labute approximate surface area is 86.0 Å². The Morgan fingerprint density at radius 1 is 1.07 bits per heavy atom. The molecule has 0 aliphatic heterocycles. The van der Waals surface area contributed by atoms with Crippen LogP contribution in [0.3, 0.4) is 0 Å². The van der Waals surface area contributed by atoms with E-state index in [-0.39, 0.29) is 0 Å². The second-order valence-electron chi connectivity index (χ2n) is 3.57. The number of carboxylic acid groups (broad SMARTS) is 1. The average molecular weight is 199 g/mol. The lowest BCUT2D eigenvalue weighted by atomic mass is 10.1. The number of aliphatic carboxylic acids is 1. The molecule has 0 aromatic heterocycles. The minimum Gasteiger partial charge on any atom is -0.478 e.